The highest BCUT2D eigenvalue weighted by atomic mass is 16.5. The third kappa shape index (κ3) is 4.43. The first kappa shape index (κ1) is 16.3. The smallest absolute Gasteiger partial charge is 0.124 e. The van der Waals surface area contributed by atoms with E-state index in [4.69, 9.17) is 10.5 Å². The Morgan fingerprint density at radius 3 is 2.67 bits per heavy atom. The monoisotopic (exact) mass is 291 g/mol. The summed E-state index contributed by atoms with van der Waals surface area (Å²) >= 11 is 0. The highest BCUT2D eigenvalue weighted by molar-refractivity contribution is 5.36. The van der Waals surface area contributed by atoms with Crippen LogP contribution in [0.25, 0.3) is 0 Å². The van der Waals surface area contributed by atoms with Crippen LogP contribution < -0.4 is 10.5 Å². The number of hydrogen-bond acceptors (Lipinski definition) is 4. The van der Waals surface area contributed by atoms with Crippen LogP contribution in [0.2, 0.25) is 0 Å². The van der Waals surface area contributed by atoms with Crippen LogP contribution in [0.5, 0.6) is 5.75 Å². The number of likely N-dealkylation sites (tertiary alicyclic amines) is 1. The number of para-hydroxylation sites is 1. The van der Waals surface area contributed by atoms with Crippen molar-refractivity contribution in [3.63, 3.8) is 0 Å². The number of rotatable bonds is 8. The van der Waals surface area contributed by atoms with Crippen molar-refractivity contribution in [1.29, 1.82) is 0 Å². The van der Waals surface area contributed by atoms with Crippen LogP contribution in [0.4, 0.5) is 0 Å². The minimum atomic E-state index is 0.218. The molecule has 1 aliphatic heterocycles. The number of nitrogens with zero attached hydrogens (tertiary/aromatic N) is 2. The first-order valence-electron chi connectivity index (χ1n) is 8.10. The standard InChI is InChI=1S/C17H29N3O/c1-3-21-17-9-5-4-8-15(17)16(14-18)19(2)12-13-20-10-6-7-11-20/h4-5,8-9,16H,3,6-7,10-14,18H2,1-2H3. The molecule has 4 nitrogen and oxygen atoms in total. The van der Waals surface area contributed by atoms with Crippen molar-refractivity contribution in [2.45, 2.75) is 25.8 Å². The molecule has 1 aromatic carbocycles. The molecule has 0 spiro atoms. The quantitative estimate of drug-likeness (QED) is 0.796. The molecule has 118 valence electrons. The van der Waals surface area contributed by atoms with Crippen LogP contribution in [-0.2, 0) is 0 Å². The number of nitrogens with two attached hydrogens (primary N) is 1. The Balaban J connectivity index is 2.00. The summed E-state index contributed by atoms with van der Waals surface area (Å²) in [6.07, 6.45) is 2.69. The average molecular weight is 291 g/mol. The van der Waals surface area contributed by atoms with Crippen LogP contribution in [0.1, 0.15) is 31.4 Å². The van der Waals surface area contributed by atoms with Gasteiger partial charge < -0.3 is 15.4 Å². The molecule has 1 saturated heterocycles. The lowest BCUT2D eigenvalue weighted by Crippen LogP contribution is -2.36. The Labute approximate surface area is 128 Å². The van der Waals surface area contributed by atoms with E-state index >= 15 is 0 Å². The maximum Gasteiger partial charge on any atom is 0.124 e. The second kappa shape index (κ2) is 8.37. The van der Waals surface area contributed by atoms with Crippen molar-refractivity contribution in [2.75, 3.05) is 46.4 Å². The molecule has 1 unspecified atom stereocenters. The predicted molar refractivity (Wildman–Crippen MR) is 87.7 cm³/mol. The van der Waals surface area contributed by atoms with Gasteiger partial charge in [0.1, 0.15) is 5.75 Å². The van der Waals surface area contributed by atoms with E-state index in [2.05, 4.69) is 29.0 Å². The van der Waals surface area contributed by atoms with Gasteiger partial charge in [-0.25, -0.2) is 0 Å². The van der Waals surface area contributed by atoms with E-state index in [1.807, 2.05) is 19.1 Å². The molecule has 1 aromatic rings. The summed E-state index contributed by atoms with van der Waals surface area (Å²) in [4.78, 5) is 4.90. The van der Waals surface area contributed by atoms with E-state index in [1.165, 1.54) is 31.5 Å². The molecule has 1 fully saturated rings. The zero-order chi connectivity index (χ0) is 15.1. The first-order chi connectivity index (χ1) is 10.3. The minimum Gasteiger partial charge on any atom is -0.494 e. The zero-order valence-electron chi connectivity index (χ0n) is 13.4. The molecular weight excluding hydrogens is 262 g/mol. The van der Waals surface area contributed by atoms with Gasteiger partial charge in [0, 0.05) is 25.2 Å². The van der Waals surface area contributed by atoms with E-state index < -0.39 is 0 Å². The second-order valence-corrected chi connectivity index (χ2v) is 5.75. The van der Waals surface area contributed by atoms with Gasteiger partial charge in [0.2, 0.25) is 0 Å². The SMILES string of the molecule is CCOc1ccccc1C(CN)N(C)CCN1CCCC1. The van der Waals surface area contributed by atoms with Gasteiger partial charge in [-0.3, -0.25) is 4.90 Å². The Hall–Kier alpha value is -1.10. The van der Waals surface area contributed by atoms with E-state index in [9.17, 15) is 0 Å². The highest BCUT2D eigenvalue weighted by Crippen LogP contribution is 2.28. The molecule has 2 N–H and O–H groups in total. The van der Waals surface area contributed by atoms with Gasteiger partial charge in [-0.1, -0.05) is 18.2 Å². The Kier molecular flexibility index (Phi) is 6.49. The molecule has 0 saturated carbocycles. The summed E-state index contributed by atoms with van der Waals surface area (Å²) in [5.74, 6) is 0.962. The molecule has 0 aliphatic carbocycles. The topological polar surface area (TPSA) is 41.7 Å². The van der Waals surface area contributed by atoms with Gasteiger partial charge >= 0.3 is 0 Å². The normalized spacial score (nSPS) is 17.3. The third-order valence-electron chi connectivity index (χ3n) is 4.30. The summed E-state index contributed by atoms with van der Waals surface area (Å²) in [6.45, 7) is 7.98. The molecule has 0 radical (unpaired) electrons. The van der Waals surface area contributed by atoms with E-state index in [0.29, 0.717) is 13.2 Å². The van der Waals surface area contributed by atoms with Crippen LogP contribution in [0.15, 0.2) is 24.3 Å². The fraction of sp³-hybridized carbons (Fsp3) is 0.647. The maximum absolute atomic E-state index is 6.04. The minimum absolute atomic E-state index is 0.218. The molecule has 1 heterocycles. The Morgan fingerprint density at radius 1 is 1.29 bits per heavy atom. The van der Waals surface area contributed by atoms with Crippen molar-refractivity contribution in [1.82, 2.24) is 9.80 Å². The van der Waals surface area contributed by atoms with E-state index in [1.54, 1.807) is 0 Å². The lowest BCUT2D eigenvalue weighted by molar-refractivity contribution is 0.205. The van der Waals surface area contributed by atoms with Crippen molar-refractivity contribution in [3.05, 3.63) is 29.8 Å². The molecular formula is C17H29N3O. The third-order valence-corrected chi connectivity index (χ3v) is 4.30. The summed E-state index contributed by atoms with van der Waals surface area (Å²) in [7, 11) is 2.16. The van der Waals surface area contributed by atoms with Crippen molar-refractivity contribution >= 4 is 0 Å². The van der Waals surface area contributed by atoms with Crippen molar-refractivity contribution in [2.24, 2.45) is 5.73 Å². The largest absolute Gasteiger partial charge is 0.494 e. The molecule has 0 amide bonds. The fourth-order valence-electron chi connectivity index (χ4n) is 3.05. The number of likely N-dealkylation sites (N-methyl/N-ethyl adjacent to an activating group) is 1. The van der Waals surface area contributed by atoms with Crippen molar-refractivity contribution in [3.8, 4) is 5.75 Å². The van der Waals surface area contributed by atoms with Crippen LogP contribution in [-0.4, -0.2) is 56.2 Å². The lowest BCUT2D eigenvalue weighted by atomic mass is 10.0. The Bertz CT molecular complexity index is 418. The number of ether oxygens (including phenoxy) is 1. The van der Waals surface area contributed by atoms with E-state index in [0.717, 1.165) is 18.8 Å². The molecule has 4 heteroatoms. The van der Waals surface area contributed by atoms with Gasteiger partial charge in [0.05, 0.1) is 12.6 Å². The number of hydrogen-bond donors (Lipinski definition) is 1. The van der Waals surface area contributed by atoms with Crippen LogP contribution in [0, 0.1) is 0 Å². The molecule has 1 aliphatic rings. The fourth-order valence-corrected chi connectivity index (χ4v) is 3.05. The van der Waals surface area contributed by atoms with Crippen molar-refractivity contribution < 1.29 is 4.74 Å². The predicted octanol–water partition coefficient (Wildman–Crippen LogP) is 2.11. The first-order valence-corrected chi connectivity index (χ1v) is 8.10. The van der Waals surface area contributed by atoms with Crippen LogP contribution in [0.3, 0.4) is 0 Å². The molecule has 0 bridgehead atoms. The van der Waals surface area contributed by atoms with E-state index in [-0.39, 0.29) is 6.04 Å². The average Bonchev–Trinajstić information content (AvgIpc) is 3.01. The highest BCUT2D eigenvalue weighted by Gasteiger charge is 2.20. The lowest BCUT2D eigenvalue weighted by Gasteiger charge is -2.30. The number of benzene rings is 1. The summed E-state index contributed by atoms with van der Waals surface area (Å²) < 4.78 is 5.76. The summed E-state index contributed by atoms with van der Waals surface area (Å²) in [6, 6.07) is 8.47. The Morgan fingerprint density at radius 2 is 2.00 bits per heavy atom. The summed E-state index contributed by atoms with van der Waals surface area (Å²) in [5, 5.41) is 0. The zero-order valence-corrected chi connectivity index (χ0v) is 13.4. The second-order valence-electron chi connectivity index (χ2n) is 5.75. The van der Waals surface area contributed by atoms with Crippen LogP contribution >= 0.6 is 0 Å². The maximum atomic E-state index is 6.04. The molecule has 2 rings (SSSR count). The van der Waals surface area contributed by atoms with Gasteiger partial charge in [-0.15, -0.1) is 0 Å². The summed E-state index contributed by atoms with van der Waals surface area (Å²) in [5.41, 5.74) is 7.24. The molecule has 0 aromatic heterocycles. The van der Waals surface area contributed by atoms with Gasteiger partial charge in [0.15, 0.2) is 0 Å². The molecule has 21 heavy (non-hydrogen) atoms. The van der Waals surface area contributed by atoms with Gasteiger partial charge in [-0.2, -0.15) is 0 Å². The van der Waals surface area contributed by atoms with Gasteiger partial charge in [-0.05, 0) is 46.0 Å². The molecule has 1 atom stereocenters. The van der Waals surface area contributed by atoms with Gasteiger partial charge in [0.25, 0.3) is 0 Å².